The largest absolute Gasteiger partial charge is 0.416 e. The lowest BCUT2D eigenvalue weighted by atomic mass is 10.0. The number of hydrogen-bond acceptors (Lipinski definition) is 2. The maximum Gasteiger partial charge on any atom is 0.416 e. The molecule has 4 nitrogen and oxygen atoms in total. The fourth-order valence-corrected chi connectivity index (χ4v) is 3.34. The van der Waals surface area contributed by atoms with E-state index in [2.05, 4.69) is 10.3 Å². The molecular formula is C23H14F7N3O. The lowest BCUT2D eigenvalue weighted by molar-refractivity contribution is -0.143. The summed E-state index contributed by atoms with van der Waals surface area (Å²) in [5.41, 5.74) is -2.36. The van der Waals surface area contributed by atoms with Gasteiger partial charge < -0.3 is 5.32 Å². The van der Waals surface area contributed by atoms with Crippen LogP contribution < -0.4 is 5.32 Å². The van der Waals surface area contributed by atoms with Crippen LogP contribution in [-0.2, 0) is 12.4 Å². The van der Waals surface area contributed by atoms with Gasteiger partial charge in [0.25, 0.3) is 5.91 Å². The Labute approximate surface area is 187 Å². The maximum atomic E-state index is 13.4. The molecule has 34 heavy (non-hydrogen) atoms. The molecule has 2 heterocycles. The fourth-order valence-electron chi connectivity index (χ4n) is 3.34. The Balaban J connectivity index is 1.83. The summed E-state index contributed by atoms with van der Waals surface area (Å²) >= 11 is 0. The Morgan fingerprint density at radius 2 is 1.47 bits per heavy atom. The molecule has 0 aliphatic carbocycles. The Kier molecular flexibility index (Phi) is 5.58. The van der Waals surface area contributed by atoms with Crippen LogP contribution >= 0.6 is 0 Å². The molecule has 176 valence electrons. The molecule has 0 spiro atoms. The van der Waals surface area contributed by atoms with E-state index in [0.717, 1.165) is 17.7 Å². The second-order valence-electron chi connectivity index (χ2n) is 7.50. The minimum absolute atomic E-state index is 0.00224. The molecule has 0 radical (unpaired) electrons. The lowest BCUT2D eigenvalue weighted by Gasteiger charge is -2.14. The van der Waals surface area contributed by atoms with Crippen molar-refractivity contribution >= 4 is 17.4 Å². The van der Waals surface area contributed by atoms with Crippen molar-refractivity contribution in [1.82, 2.24) is 9.38 Å². The van der Waals surface area contributed by atoms with Crippen LogP contribution in [0.5, 0.6) is 0 Å². The molecule has 0 aliphatic rings. The van der Waals surface area contributed by atoms with E-state index in [1.54, 1.807) is 19.1 Å². The van der Waals surface area contributed by atoms with Crippen molar-refractivity contribution in [3.63, 3.8) is 0 Å². The molecule has 0 saturated carbocycles. The fraction of sp³-hybridized carbons (Fsp3) is 0.130. The van der Waals surface area contributed by atoms with Gasteiger partial charge in [-0.3, -0.25) is 9.20 Å². The van der Waals surface area contributed by atoms with Crippen LogP contribution in [0.3, 0.4) is 0 Å². The normalized spacial score (nSPS) is 12.2. The van der Waals surface area contributed by atoms with Crippen molar-refractivity contribution in [3.8, 4) is 11.3 Å². The van der Waals surface area contributed by atoms with Crippen LogP contribution in [-0.4, -0.2) is 15.3 Å². The third-order valence-electron chi connectivity index (χ3n) is 4.98. The van der Waals surface area contributed by atoms with E-state index in [0.29, 0.717) is 23.3 Å². The molecule has 0 fully saturated rings. The number of rotatable bonds is 3. The van der Waals surface area contributed by atoms with Gasteiger partial charge in [-0.15, -0.1) is 0 Å². The molecule has 2 aromatic carbocycles. The van der Waals surface area contributed by atoms with Gasteiger partial charge in [0.15, 0.2) is 0 Å². The smallest absolute Gasteiger partial charge is 0.306 e. The molecule has 0 aliphatic heterocycles. The topological polar surface area (TPSA) is 46.4 Å². The molecule has 0 bridgehead atoms. The number of amides is 1. The number of halogens is 7. The number of fused-ring (bicyclic) bond motifs is 1. The van der Waals surface area contributed by atoms with Crippen LogP contribution in [0, 0.1) is 12.7 Å². The first-order valence-electron chi connectivity index (χ1n) is 9.68. The molecule has 1 amide bonds. The van der Waals surface area contributed by atoms with Gasteiger partial charge >= 0.3 is 12.4 Å². The van der Waals surface area contributed by atoms with Crippen molar-refractivity contribution in [3.05, 3.63) is 88.9 Å². The highest BCUT2D eigenvalue weighted by atomic mass is 19.4. The van der Waals surface area contributed by atoms with E-state index in [1.165, 1.54) is 22.7 Å². The summed E-state index contributed by atoms with van der Waals surface area (Å²) in [6.45, 7) is 1.78. The second kappa shape index (κ2) is 8.15. The summed E-state index contributed by atoms with van der Waals surface area (Å²) in [5, 5.41) is 2.37. The highest BCUT2D eigenvalue weighted by Crippen LogP contribution is 2.37. The van der Waals surface area contributed by atoms with Gasteiger partial charge in [0.1, 0.15) is 23.0 Å². The lowest BCUT2D eigenvalue weighted by Crippen LogP contribution is -2.18. The number of nitrogens with one attached hydrogen (secondary N) is 1. The van der Waals surface area contributed by atoms with Gasteiger partial charge in [0.2, 0.25) is 0 Å². The van der Waals surface area contributed by atoms with E-state index in [4.69, 9.17) is 0 Å². The van der Waals surface area contributed by atoms with Crippen LogP contribution in [0.15, 0.2) is 60.8 Å². The van der Waals surface area contributed by atoms with Gasteiger partial charge in [0, 0.05) is 17.3 Å². The summed E-state index contributed by atoms with van der Waals surface area (Å²) < 4.78 is 94.0. The number of aromatic nitrogens is 2. The molecule has 0 atom stereocenters. The molecule has 4 rings (SSSR count). The minimum atomic E-state index is -5.10. The quantitative estimate of drug-likeness (QED) is 0.330. The average Bonchev–Trinajstić information content (AvgIpc) is 3.10. The second-order valence-corrected chi connectivity index (χ2v) is 7.50. The highest BCUT2D eigenvalue weighted by molar-refractivity contribution is 6.06. The minimum Gasteiger partial charge on any atom is -0.306 e. The van der Waals surface area contributed by atoms with Gasteiger partial charge in [0.05, 0.1) is 11.1 Å². The third-order valence-corrected chi connectivity index (χ3v) is 4.98. The van der Waals surface area contributed by atoms with Crippen LogP contribution in [0.2, 0.25) is 0 Å². The van der Waals surface area contributed by atoms with Crippen LogP contribution in [0.1, 0.15) is 27.0 Å². The number of hydrogen-bond donors (Lipinski definition) is 1. The number of carbonyl (C=O) groups is 1. The molecule has 11 heteroatoms. The Bertz CT molecular complexity index is 1350. The van der Waals surface area contributed by atoms with E-state index < -0.39 is 40.8 Å². The number of pyridine rings is 1. The van der Waals surface area contributed by atoms with Crippen molar-refractivity contribution in [2.24, 2.45) is 0 Å². The van der Waals surface area contributed by atoms with Crippen molar-refractivity contribution < 1.29 is 35.5 Å². The van der Waals surface area contributed by atoms with E-state index in [1.807, 2.05) is 0 Å². The van der Waals surface area contributed by atoms with Gasteiger partial charge in [-0.05, 0) is 67.1 Å². The molecule has 0 unspecified atom stereocenters. The molecule has 1 N–H and O–H groups in total. The molecule has 0 saturated heterocycles. The summed E-state index contributed by atoms with van der Waals surface area (Å²) in [6.07, 6.45) is -8.67. The number of aryl methyl sites for hydroxylation is 1. The number of alkyl halides is 6. The first-order chi connectivity index (χ1) is 15.8. The van der Waals surface area contributed by atoms with Gasteiger partial charge in [-0.1, -0.05) is 0 Å². The third kappa shape index (κ3) is 4.59. The Hall–Kier alpha value is -3.89. The average molecular weight is 481 g/mol. The zero-order chi connectivity index (χ0) is 24.8. The zero-order valence-electron chi connectivity index (χ0n) is 17.2. The van der Waals surface area contributed by atoms with E-state index in [9.17, 15) is 35.5 Å². The molecular weight excluding hydrogens is 467 g/mol. The monoisotopic (exact) mass is 481 g/mol. The number of imidazole rings is 1. The summed E-state index contributed by atoms with van der Waals surface area (Å²) in [4.78, 5) is 17.3. The van der Waals surface area contributed by atoms with Gasteiger partial charge in [-0.25, -0.2) is 9.37 Å². The van der Waals surface area contributed by atoms with Crippen LogP contribution in [0.25, 0.3) is 16.9 Å². The van der Waals surface area contributed by atoms with Crippen molar-refractivity contribution in [2.75, 3.05) is 5.32 Å². The van der Waals surface area contributed by atoms with E-state index in [-0.39, 0.29) is 17.6 Å². The number of anilines is 1. The van der Waals surface area contributed by atoms with Gasteiger partial charge in [-0.2, -0.15) is 26.3 Å². The van der Waals surface area contributed by atoms with E-state index >= 15 is 0 Å². The molecule has 4 aromatic rings. The Morgan fingerprint density at radius 1 is 0.882 bits per heavy atom. The SMILES string of the molecule is Cc1ccn2c(NC(=O)c3cc(C(F)(F)F)cc(C(F)(F)F)c3)c(-c3ccc(F)cc3)nc2c1. The predicted octanol–water partition coefficient (Wildman–Crippen LogP) is 6.74. The number of nitrogens with zero attached hydrogens (tertiary/aromatic N) is 2. The number of carbonyl (C=O) groups excluding carboxylic acids is 1. The summed E-state index contributed by atoms with van der Waals surface area (Å²) in [5.74, 6) is -1.74. The van der Waals surface area contributed by atoms with Crippen molar-refractivity contribution in [2.45, 2.75) is 19.3 Å². The number of benzene rings is 2. The van der Waals surface area contributed by atoms with Crippen molar-refractivity contribution in [1.29, 1.82) is 0 Å². The zero-order valence-corrected chi connectivity index (χ0v) is 17.2. The Morgan fingerprint density at radius 3 is 2.03 bits per heavy atom. The first kappa shape index (κ1) is 23.3. The first-order valence-corrected chi connectivity index (χ1v) is 9.68. The van der Waals surface area contributed by atoms with Crippen LogP contribution in [0.4, 0.5) is 36.6 Å². The molecule has 2 aromatic heterocycles. The highest BCUT2D eigenvalue weighted by Gasteiger charge is 2.37. The summed E-state index contributed by atoms with van der Waals surface area (Å²) in [6, 6.07) is 9.02. The summed E-state index contributed by atoms with van der Waals surface area (Å²) in [7, 11) is 0. The standard InChI is InChI=1S/C23H14F7N3O/c1-12-6-7-33-18(8-12)31-19(13-2-4-17(24)5-3-13)20(33)32-21(34)14-9-15(22(25,26)27)11-16(10-14)23(28,29)30/h2-11H,1H3,(H,32,34). The predicted molar refractivity (Wildman–Crippen MR) is 110 cm³/mol. The maximum absolute atomic E-state index is 13.4.